The number of hydrogen-bond donors (Lipinski definition) is 4. The number of carbonyl (C=O) groups excluding carboxylic acids is 1. The van der Waals surface area contributed by atoms with Gasteiger partial charge in [-0.15, -0.1) is 11.3 Å². The van der Waals surface area contributed by atoms with Crippen LogP contribution in [0.5, 0.6) is 0 Å². The van der Waals surface area contributed by atoms with Crippen LogP contribution >= 0.6 is 23.1 Å². The summed E-state index contributed by atoms with van der Waals surface area (Å²) in [7, 11) is 0. The zero-order valence-electron chi connectivity index (χ0n) is 20.4. The number of benzene rings is 1. The molecule has 0 bridgehead atoms. The summed E-state index contributed by atoms with van der Waals surface area (Å²) in [6.07, 6.45) is -0.567. The van der Waals surface area contributed by atoms with Crippen LogP contribution in [0.15, 0.2) is 27.6 Å². The number of anilines is 1. The number of thiophene rings is 1. The van der Waals surface area contributed by atoms with Gasteiger partial charge in [-0.2, -0.15) is 18.2 Å². The molecule has 14 heteroatoms. The van der Waals surface area contributed by atoms with Gasteiger partial charge in [0.15, 0.2) is 0 Å². The highest BCUT2D eigenvalue weighted by Gasteiger charge is 2.35. The van der Waals surface area contributed by atoms with Crippen molar-refractivity contribution in [2.75, 3.05) is 25.0 Å². The van der Waals surface area contributed by atoms with Crippen LogP contribution in [0.2, 0.25) is 0 Å². The standard InChI is InChI=1S/C19H18F4N6O2S2.C4H10/c20-9-6-24-5-4-10(9)26-11-3-1-2-8-13(11)32-15(14(8)33-19(21,22)23)16-28-17(31-29-16)12-7-25-18(30)27-12;1-4(2)3/h1-3,9-10,12,24,26H,4-7H2,(H2,25,27,30);4H,1-3H3. The lowest BCUT2D eigenvalue weighted by Crippen LogP contribution is -2.45. The second-order valence-electron chi connectivity index (χ2n) is 9.35. The molecule has 0 radical (unpaired) electrons. The summed E-state index contributed by atoms with van der Waals surface area (Å²) in [5.41, 5.74) is -3.99. The van der Waals surface area contributed by atoms with Gasteiger partial charge in [0.05, 0.1) is 21.3 Å². The molecule has 37 heavy (non-hydrogen) atoms. The number of nitrogens with zero attached hydrogens (tertiary/aromatic N) is 2. The number of fused-ring (bicyclic) bond motifs is 1. The quantitative estimate of drug-likeness (QED) is 0.235. The molecule has 1 aromatic carbocycles. The van der Waals surface area contributed by atoms with Crippen LogP contribution in [0.3, 0.4) is 0 Å². The van der Waals surface area contributed by atoms with Crippen LogP contribution in [0, 0.1) is 5.92 Å². The molecular weight excluding hydrogens is 532 g/mol. The van der Waals surface area contributed by atoms with E-state index in [1.807, 2.05) is 0 Å². The van der Waals surface area contributed by atoms with Crippen LogP contribution in [0.1, 0.15) is 39.1 Å². The third kappa shape index (κ3) is 6.85. The number of nitrogens with one attached hydrogen (secondary N) is 4. The summed E-state index contributed by atoms with van der Waals surface area (Å²) in [5, 5.41) is 15.5. The summed E-state index contributed by atoms with van der Waals surface area (Å²) in [5.74, 6) is 0.923. The Morgan fingerprint density at radius 3 is 2.65 bits per heavy atom. The minimum Gasteiger partial charge on any atom is -0.378 e. The van der Waals surface area contributed by atoms with Crippen molar-refractivity contribution in [1.82, 2.24) is 26.1 Å². The zero-order valence-corrected chi connectivity index (χ0v) is 22.0. The van der Waals surface area contributed by atoms with Gasteiger partial charge >= 0.3 is 11.5 Å². The smallest absolute Gasteiger partial charge is 0.378 e. The minimum atomic E-state index is -4.54. The first-order valence-corrected chi connectivity index (χ1v) is 13.5. The topological polar surface area (TPSA) is 104 Å². The SMILES string of the molecule is CC(C)C.O=C1NCC(c2nc(-c3sc4c(NC5CCNCC5F)cccc4c3SC(F)(F)F)no2)N1. The van der Waals surface area contributed by atoms with Crippen LogP contribution in [0.4, 0.5) is 28.0 Å². The molecule has 2 saturated heterocycles. The molecule has 4 N–H and O–H groups in total. The van der Waals surface area contributed by atoms with Gasteiger partial charge in [-0.05, 0) is 36.7 Å². The largest absolute Gasteiger partial charge is 0.446 e. The Balaban J connectivity index is 0.000000747. The Hall–Kier alpha value is -2.58. The predicted molar refractivity (Wildman–Crippen MR) is 137 cm³/mol. The lowest BCUT2D eigenvalue weighted by Gasteiger charge is -2.28. The van der Waals surface area contributed by atoms with Crippen LogP contribution < -0.4 is 21.3 Å². The van der Waals surface area contributed by atoms with Gasteiger partial charge < -0.3 is 25.8 Å². The second-order valence-corrected chi connectivity index (χ2v) is 11.4. The van der Waals surface area contributed by atoms with E-state index in [2.05, 4.69) is 52.2 Å². The van der Waals surface area contributed by atoms with Gasteiger partial charge in [-0.25, -0.2) is 9.18 Å². The van der Waals surface area contributed by atoms with Gasteiger partial charge in [0.1, 0.15) is 12.2 Å². The van der Waals surface area contributed by atoms with E-state index >= 15 is 0 Å². The van der Waals surface area contributed by atoms with Gasteiger partial charge in [-0.1, -0.05) is 38.1 Å². The summed E-state index contributed by atoms with van der Waals surface area (Å²) < 4.78 is 60.4. The monoisotopic (exact) mass is 560 g/mol. The molecule has 4 heterocycles. The van der Waals surface area contributed by atoms with Crippen LogP contribution in [0.25, 0.3) is 20.8 Å². The van der Waals surface area contributed by atoms with Crippen molar-refractivity contribution in [3.8, 4) is 10.7 Å². The molecule has 3 atom stereocenters. The third-order valence-corrected chi connectivity index (χ3v) is 7.58. The summed E-state index contributed by atoms with van der Waals surface area (Å²) in [6.45, 7) is 7.60. The highest BCUT2D eigenvalue weighted by molar-refractivity contribution is 8.00. The Morgan fingerprint density at radius 1 is 1.24 bits per heavy atom. The fourth-order valence-electron chi connectivity index (χ4n) is 3.83. The number of rotatable bonds is 5. The Morgan fingerprint density at radius 2 is 2.00 bits per heavy atom. The molecule has 0 saturated carbocycles. The van der Waals surface area contributed by atoms with Crippen molar-refractivity contribution < 1.29 is 26.9 Å². The van der Waals surface area contributed by atoms with Gasteiger partial charge in [-0.3, -0.25) is 0 Å². The van der Waals surface area contributed by atoms with Crippen LogP contribution in [-0.4, -0.2) is 53.5 Å². The molecule has 2 aliphatic heterocycles. The molecule has 3 aromatic rings. The number of carbonyl (C=O) groups is 1. The first-order valence-electron chi connectivity index (χ1n) is 11.8. The van der Waals surface area contributed by atoms with E-state index in [4.69, 9.17) is 4.52 Å². The summed E-state index contributed by atoms with van der Waals surface area (Å²) in [6, 6.07) is 3.54. The number of amides is 2. The van der Waals surface area contributed by atoms with Crippen molar-refractivity contribution in [3.05, 3.63) is 24.1 Å². The van der Waals surface area contributed by atoms with E-state index in [1.165, 1.54) is 0 Å². The molecule has 8 nitrogen and oxygen atoms in total. The predicted octanol–water partition coefficient (Wildman–Crippen LogP) is 5.69. The lowest BCUT2D eigenvalue weighted by molar-refractivity contribution is -0.0327. The maximum Gasteiger partial charge on any atom is 0.446 e. The molecule has 5 rings (SSSR count). The number of alkyl halides is 4. The summed E-state index contributed by atoms with van der Waals surface area (Å²) >= 11 is 0.832. The fourth-order valence-corrected chi connectivity index (χ4v) is 5.94. The highest BCUT2D eigenvalue weighted by Crippen LogP contribution is 2.50. The van der Waals surface area contributed by atoms with Crippen molar-refractivity contribution in [2.45, 2.75) is 55.9 Å². The lowest BCUT2D eigenvalue weighted by atomic mass is 10.0. The minimum absolute atomic E-state index is 0.00437. The number of hydrogen-bond acceptors (Lipinski definition) is 8. The average molecular weight is 561 g/mol. The number of urea groups is 1. The molecule has 2 fully saturated rings. The normalized spacial score (nSPS) is 21.9. The number of thioether (sulfide) groups is 1. The fraction of sp³-hybridized carbons (Fsp3) is 0.522. The Bertz CT molecular complexity index is 1230. The molecule has 0 aliphatic carbocycles. The number of halogens is 4. The Labute approximate surface area is 219 Å². The van der Waals surface area contributed by atoms with Crippen molar-refractivity contribution in [1.29, 1.82) is 0 Å². The first-order chi connectivity index (χ1) is 17.5. The molecule has 2 amide bonds. The number of piperidine rings is 1. The molecule has 3 unspecified atom stereocenters. The molecular formula is C23H28F4N6O2S2. The van der Waals surface area contributed by atoms with E-state index in [1.54, 1.807) is 18.2 Å². The van der Waals surface area contributed by atoms with Crippen molar-refractivity contribution >= 4 is 44.9 Å². The second kappa shape index (κ2) is 11.4. The Kier molecular flexibility index (Phi) is 8.49. The summed E-state index contributed by atoms with van der Waals surface area (Å²) in [4.78, 5) is 15.8. The van der Waals surface area contributed by atoms with Crippen molar-refractivity contribution in [2.24, 2.45) is 5.92 Å². The maximum atomic E-state index is 14.3. The highest BCUT2D eigenvalue weighted by atomic mass is 32.2. The molecule has 0 spiro atoms. The molecule has 2 aromatic heterocycles. The van der Waals surface area contributed by atoms with Gasteiger partial charge in [0.25, 0.3) is 5.89 Å². The van der Waals surface area contributed by atoms with E-state index in [9.17, 15) is 22.4 Å². The van der Waals surface area contributed by atoms with Crippen molar-refractivity contribution in [3.63, 3.8) is 0 Å². The molecule has 202 valence electrons. The van der Waals surface area contributed by atoms with E-state index < -0.39 is 29.8 Å². The average Bonchev–Trinajstić information content (AvgIpc) is 3.53. The van der Waals surface area contributed by atoms with Crippen LogP contribution in [-0.2, 0) is 0 Å². The van der Waals surface area contributed by atoms with Gasteiger partial charge in [0.2, 0.25) is 5.82 Å². The van der Waals surface area contributed by atoms with Gasteiger partial charge in [0, 0.05) is 23.4 Å². The first kappa shape index (κ1) is 27.5. The third-order valence-electron chi connectivity index (χ3n) is 5.35. The van der Waals surface area contributed by atoms with E-state index in [0.29, 0.717) is 28.7 Å². The number of aromatic nitrogens is 2. The van der Waals surface area contributed by atoms with E-state index in [0.717, 1.165) is 17.3 Å². The maximum absolute atomic E-state index is 14.3. The van der Waals surface area contributed by atoms with E-state index in [-0.39, 0.29) is 46.3 Å². The molecule has 2 aliphatic rings. The zero-order chi connectivity index (χ0) is 26.7.